The van der Waals surface area contributed by atoms with Gasteiger partial charge in [0.2, 0.25) is 0 Å². The molecule has 5 heteroatoms. The van der Waals surface area contributed by atoms with Crippen molar-refractivity contribution in [3.05, 3.63) is 52.5 Å². The lowest BCUT2D eigenvalue weighted by Crippen LogP contribution is -2.27. The maximum Gasteiger partial charge on any atom is 0.252 e. The highest BCUT2D eigenvalue weighted by atomic mass is 32.1. The molecule has 18 heavy (non-hydrogen) atoms. The van der Waals surface area contributed by atoms with Crippen LogP contribution in [0.2, 0.25) is 0 Å². The third-order valence-electron chi connectivity index (χ3n) is 2.25. The van der Waals surface area contributed by atoms with Crippen molar-refractivity contribution in [2.24, 2.45) is 0 Å². The molecule has 2 rings (SSSR count). The van der Waals surface area contributed by atoms with Crippen molar-refractivity contribution in [3.63, 3.8) is 0 Å². The summed E-state index contributed by atoms with van der Waals surface area (Å²) in [5, 5.41) is 6.37. The van der Waals surface area contributed by atoms with Crippen molar-refractivity contribution >= 4 is 17.2 Å². The molecule has 0 aliphatic heterocycles. The van der Waals surface area contributed by atoms with Crippen LogP contribution < -0.4 is 10.1 Å². The lowest BCUT2D eigenvalue weighted by molar-refractivity contribution is 0.0947. The van der Waals surface area contributed by atoms with Gasteiger partial charge in [-0.3, -0.25) is 4.79 Å². The number of benzene rings is 1. The number of nitrogens with one attached hydrogen (secondary N) is 1. The van der Waals surface area contributed by atoms with Crippen LogP contribution in [0.25, 0.3) is 0 Å². The van der Waals surface area contributed by atoms with Gasteiger partial charge in [-0.25, -0.2) is 4.39 Å². The van der Waals surface area contributed by atoms with E-state index in [-0.39, 0.29) is 11.7 Å². The van der Waals surface area contributed by atoms with E-state index in [1.807, 2.05) is 5.38 Å². The third kappa shape index (κ3) is 3.56. The van der Waals surface area contributed by atoms with Gasteiger partial charge in [-0.2, -0.15) is 11.3 Å². The Balaban J connectivity index is 1.70. The Bertz CT molecular complexity index is 496. The van der Waals surface area contributed by atoms with Gasteiger partial charge in [0.05, 0.1) is 6.54 Å². The van der Waals surface area contributed by atoms with Crippen LogP contribution in [0.1, 0.15) is 10.4 Å². The number of hydrogen-bond donors (Lipinski definition) is 1. The second-order valence-electron chi connectivity index (χ2n) is 3.57. The Kier molecular flexibility index (Phi) is 4.30. The Morgan fingerprint density at radius 1 is 1.28 bits per heavy atom. The molecule has 0 aliphatic rings. The molecule has 1 aromatic carbocycles. The van der Waals surface area contributed by atoms with E-state index in [4.69, 9.17) is 4.74 Å². The highest BCUT2D eigenvalue weighted by molar-refractivity contribution is 7.08. The topological polar surface area (TPSA) is 38.3 Å². The monoisotopic (exact) mass is 265 g/mol. The van der Waals surface area contributed by atoms with Crippen LogP contribution in [0.3, 0.4) is 0 Å². The summed E-state index contributed by atoms with van der Waals surface area (Å²) >= 11 is 1.48. The molecule has 0 fully saturated rings. The van der Waals surface area contributed by atoms with Gasteiger partial charge in [0, 0.05) is 10.9 Å². The fourth-order valence-corrected chi connectivity index (χ4v) is 2.00. The van der Waals surface area contributed by atoms with Gasteiger partial charge >= 0.3 is 0 Å². The normalized spacial score (nSPS) is 10.1. The molecule has 1 heterocycles. The summed E-state index contributed by atoms with van der Waals surface area (Å²) in [7, 11) is 0. The van der Waals surface area contributed by atoms with Gasteiger partial charge in [0.15, 0.2) is 0 Å². The zero-order valence-corrected chi connectivity index (χ0v) is 10.4. The molecule has 0 spiro atoms. The van der Waals surface area contributed by atoms with E-state index < -0.39 is 0 Å². The Morgan fingerprint density at radius 3 is 2.72 bits per heavy atom. The van der Waals surface area contributed by atoms with Gasteiger partial charge in [-0.1, -0.05) is 0 Å². The first-order chi connectivity index (χ1) is 8.75. The summed E-state index contributed by atoms with van der Waals surface area (Å²) < 4.78 is 18.0. The number of thiophene rings is 1. The average molecular weight is 265 g/mol. The Hall–Kier alpha value is -1.88. The van der Waals surface area contributed by atoms with Crippen LogP contribution in [0.5, 0.6) is 5.75 Å². The molecule has 94 valence electrons. The highest BCUT2D eigenvalue weighted by Crippen LogP contribution is 2.10. The summed E-state index contributed by atoms with van der Waals surface area (Å²) in [6.07, 6.45) is 0. The zero-order chi connectivity index (χ0) is 12.8. The van der Waals surface area contributed by atoms with Crippen molar-refractivity contribution < 1.29 is 13.9 Å². The first-order valence-corrected chi connectivity index (χ1v) is 6.39. The van der Waals surface area contributed by atoms with E-state index in [2.05, 4.69) is 5.32 Å². The minimum atomic E-state index is -0.298. The standard InChI is InChI=1S/C13H12FNO2S/c14-11-1-3-12(4-2-11)17-7-6-15-13(16)10-5-8-18-9-10/h1-5,8-9H,6-7H2,(H,15,16). The predicted molar refractivity (Wildman–Crippen MR) is 68.5 cm³/mol. The van der Waals surface area contributed by atoms with Crippen LogP contribution in [-0.2, 0) is 0 Å². The Labute approximate surface area is 108 Å². The minimum Gasteiger partial charge on any atom is -0.492 e. The fraction of sp³-hybridized carbons (Fsp3) is 0.154. The lowest BCUT2D eigenvalue weighted by atomic mass is 10.3. The highest BCUT2D eigenvalue weighted by Gasteiger charge is 2.04. The molecule has 0 bridgehead atoms. The number of carbonyl (C=O) groups is 1. The van der Waals surface area contributed by atoms with Crippen LogP contribution in [0, 0.1) is 5.82 Å². The van der Waals surface area contributed by atoms with E-state index in [0.717, 1.165) is 0 Å². The predicted octanol–water partition coefficient (Wildman–Crippen LogP) is 2.70. The average Bonchev–Trinajstić information content (AvgIpc) is 2.90. The molecule has 0 unspecified atom stereocenters. The number of halogens is 1. The number of amides is 1. The molecule has 3 nitrogen and oxygen atoms in total. The van der Waals surface area contributed by atoms with Crippen LogP contribution in [0.4, 0.5) is 4.39 Å². The van der Waals surface area contributed by atoms with Crippen molar-refractivity contribution in [2.75, 3.05) is 13.2 Å². The summed E-state index contributed by atoms with van der Waals surface area (Å²) in [6.45, 7) is 0.758. The molecule has 2 aromatic rings. The zero-order valence-electron chi connectivity index (χ0n) is 9.56. The molecule has 0 radical (unpaired) electrons. The fourth-order valence-electron chi connectivity index (χ4n) is 1.36. The summed E-state index contributed by atoms with van der Waals surface area (Å²) in [4.78, 5) is 11.6. The number of ether oxygens (including phenoxy) is 1. The Morgan fingerprint density at radius 2 is 2.06 bits per heavy atom. The van der Waals surface area contributed by atoms with Crippen molar-refractivity contribution in [1.82, 2.24) is 5.32 Å². The maximum atomic E-state index is 12.6. The van der Waals surface area contributed by atoms with Crippen LogP contribution in [0.15, 0.2) is 41.1 Å². The summed E-state index contributed by atoms with van der Waals surface area (Å²) in [6, 6.07) is 7.53. The van der Waals surface area contributed by atoms with Crippen molar-refractivity contribution in [3.8, 4) is 5.75 Å². The molecule has 0 aliphatic carbocycles. The van der Waals surface area contributed by atoms with Gasteiger partial charge in [0.25, 0.3) is 5.91 Å². The molecular formula is C13H12FNO2S. The third-order valence-corrected chi connectivity index (χ3v) is 2.94. The SMILES string of the molecule is O=C(NCCOc1ccc(F)cc1)c1ccsc1. The lowest BCUT2D eigenvalue weighted by Gasteiger charge is -2.07. The van der Waals surface area contributed by atoms with E-state index in [0.29, 0.717) is 24.5 Å². The molecule has 0 saturated heterocycles. The minimum absolute atomic E-state index is 0.112. The molecular weight excluding hydrogens is 253 g/mol. The van der Waals surface area contributed by atoms with E-state index >= 15 is 0 Å². The van der Waals surface area contributed by atoms with E-state index in [9.17, 15) is 9.18 Å². The first kappa shape index (κ1) is 12.6. The second-order valence-corrected chi connectivity index (χ2v) is 4.35. The van der Waals surface area contributed by atoms with Crippen LogP contribution in [-0.4, -0.2) is 19.1 Å². The van der Waals surface area contributed by atoms with Crippen molar-refractivity contribution in [2.45, 2.75) is 0 Å². The summed E-state index contributed by atoms with van der Waals surface area (Å²) in [5.74, 6) is 0.174. The number of carbonyl (C=O) groups excluding carboxylic acids is 1. The van der Waals surface area contributed by atoms with Gasteiger partial charge in [0.1, 0.15) is 18.2 Å². The van der Waals surface area contributed by atoms with Gasteiger partial charge in [-0.15, -0.1) is 0 Å². The molecule has 0 atom stereocenters. The quantitative estimate of drug-likeness (QED) is 0.844. The molecule has 1 amide bonds. The number of rotatable bonds is 5. The van der Waals surface area contributed by atoms with Gasteiger partial charge < -0.3 is 10.1 Å². The smallest absolute Gasteiger partial charge is 0.252 e. The first-order valence-electron chi connectivity index (χ1n) is 5.44. The van der Waals surface area contributed by atoms with Gasteiger partial charge in [-0.05, 0) is 35.7 Å². The largest absolute Gasteiger partial charge is 0.492 e. The molecule has 1 aromatic heterocycles. The summed E-state index contributed by atoms with van der Waals surface area (Å²) in [5.41, 5.74) is 0.654. The molecule has 0 saturated carbocycles. The second kappa shape index (κ2) is 6.16. The maximum absolute atomic E-state index is 12.6. The van der Waals surface area contributed by atoms with E-state index in [1.165, 1.54) is 23.5 Å². The molecule has 1 N–H and O–H groups in total. The van der Waals surface area contributed by atoms with Crippen molar-refractivity contribution in [1.29, 1.82) is 0 Å². The van der Waals surface area contributed by atoms with E-state index in [1.54, 1.807) is 23.6 Å². The number of hydrogen-bond acceptors (Lipinski definition) is 3. The van der Waals surface area contributed by atoms with Crippen LogP contribution >= 0.6 is 11.3 Å².